The molecule has 1 aromatic carbocycles. The average molecular weight is 264 g/mol. The minimum atomic E-state index is -0.337. The van der Waals surface area contributed by atoms with E-state index in [0.29, 0.717) is 29.8 Å². The maximum absolute atomic E-state index is 11.9. The molecule has 1 aromatic rings. The van der Waals surface area contributed by atoms with Crippen LogP contribution in [-0.4, -0.2) is 18.6 Å². The van der Waals surface area contributed by atoms with Crippen LogP contribution >= 0.6 is 0 Å². The highest BCUT2D eigenvalue weighted by Crippen LogP contribution is 2.23. The zero-order valence-corrected chi connectivity index (χ0v) is 12.2. The van der Waals surface area contributed by atoms with Crippen LogP contribution in [0, 0.1) is 5.92 Å². The third-order valence-electron chi connectivity index (χ3n) is 3.12. The van der Waals surface area contributed by atoms with Crippen LogP contribution in [0.2, 0.25) is 0 Å². The van der Waals surface area contributed by atoms with Crippen molar-refractivity contribution < 1.29 is 9.53 Å². The highest BCUT2D eigenvalue weighted by atomic mass is 16.5. The lowest BCUT2D eigenvalue weighted by atomic mass is 10.0. The van der Waals surface area contributed by atoms with Gasteiger partial charge in [0.25, 0.3) is 0 Å². The van der Waals surface area contributed by atoms with Gasteiger partial charge in [-0.05, 0) is 37.5 Å². The summed E-state index contributed by atoms with van der Waals surface area (Å²) in [6.07, 6.45) is 0.990. The molecule has 3 N–H and O–H groups in total. The molecule has 4 heteroatoms. The summed E-state index contributed by atoms with van der Waals surface area (Å²) in [5.74, 6) is 0.147. The highest BCUT2D eigenvalue weighted by molar-refractivity contribution is 5.96. The minimum absolute atomic E-state index is 0.316. The van der Waals surface area contributed by atoms with Gasteiger partial charge in [0.05, 0.1) is 12.2 Å². The van der Waals surface area contributed by atoms with Crippen LogP contribution in [0.25, 0.3) is 0 Å². The first-order chi connectivity index (χ1) is 8.99. The van der Waals surface area contributed by atoms with Crippen LogP contribution in [0.4, 0.5) is 11.4 Å². The van der Waals surface area contributed by atoms with Crippen molar-refractivity contribution in [2.75, 3.05) is 17.7 Å². The fraction of sp³-hybridized carbons (Fsp3) is 0.533. The Labute approximate surface area is 115 Å². The number of esters is 1. The number of carbonyl (C=O) groups excluding carboxylic acids is 1. The van der Waals surface area contributed by atoms with E-state index in [2.05, 4.69) is 26.1 Å². The molecule has 1 rings (SSSR count). The Morgan fingerprint density at radius 2 is 2.05 bits per heavy atom. The van der Waals surface area contributed by atoms with Crippen LogP contribution in [0.1, 0.15) is 44.5 Å². The van der Waals surface area contributed by atoms with E-state index in [0.717, 1.165) is 12.1 Å². The van der Waals surface area contributed by atoms with Crippen LogP contribution in [0.5, 0.6) is 0 Å². The van der Waals surface area contributed by atoms with Crippen LogP contribution in [0.15, 0.2) is 18.2 Å². The van der Waals surface area contributed by atoms with Crippen LogP contribution in [-0.2, 0) is 4.74 Å². The summed E-state index contributed by atoms with van der Waals surface area (Å²) in [5.41, 5.74) is 7.60. The standard InChI is InChI=1S/C15H24N2O2/c1-5-13(10(3)4)17-14-8-7-11(16)9-12(14)15(18)19-6-2/h7-10,13,17H,5-6,16H2,1-4H3. The molecule has 0 spiro atoms. The molecule has 0 amide bonds. The first kappa shape index (κ1) is 15.3. The number of nitrogens with two attached hydrogens (primary N) is 1. The largest absolute Gasteiger partial charge is 0.462 e. The fourth-order valence-corrected chi connectivity index (χ4v) is 2.01. The lowest BCUT2D eigenvalue weighted by molar-refractivity contribution is 0.0527. The minimum Gasteiger partial charge on any atom is -0.462 e. The van der Waals surface area contributed by atoms with Gasteiger partial charge in [-0.2, -0.15) is 0 Å². The van der Waals surface area contributed by atoms with E-state index in [1.807, 2.05) is 6.07 Å². The molecule has 1 atom stereocenters. The molecular weight excluding hydrogens is 240 g/mol. The Balaban J connectivity index is 3.02. The summed E-state index contributed by atoms with van der Waals surface area (Å²) in [4.78, 5) is 11.9. The van der Waals surface area contributed by atoms with Crippen molar-refractivity contribution in [3.8, 4) is 0 Å². The van der Waals surface area contributed by atoms with Crippen LogP contribution in [0.3, 0.4) is 0 Å². The number of hydrogen-bond donors (Lipinski definition) is 2. The Morgan fingerprint density at radius 1 is 1.37 bits per heavy atom. The first-order valence-electron chi connectivity index (χ1n) is 6.82. The quantitative estimate of drug-likeness (QED) is 0.611. The summed E-state index contributed by atoms with van der Waals surface area (Å²) >= 11 is 0. The number of benzene rings is 1. The van der Waals surface area contributed by atoms with E-state index in [1.165, 1.54) is 0 Å². The highest BCUT2D eigenvalue weighted by Gasteiger charge is 2.17. The smallest absolute Gasteiger partial charge is 0.340 e. The molecule has 1 unspecified atom stereocenters. The third kappa shape index (κ3) is 4.16. The monoisotopic (exact) mass is 264 g/mol. The Hall–Kier alpha value is -1.71. The molecule has 0 aliphatic rings. The van der Waals surface area contributed by atoms with Gasteiger partial charge < -0.3 is 15.8 Å². The topological polar surface area (TPSA) is 64.3 Å². The predicted molar refractivity (Wildman–Crippen MR) is 79.4 cm³/mol. The number of anilines is 2. The molecule has 0 saturated carbocycles. The van der Waals surface area contributed by atoms with Gasteiger partial charge in [-0.25, -0.2) is 4.79 Å². The van der Waals surface area contributed by atoms with Crippen molar-refractivity contribution in [3.05, 3.63) is 23.8 Å². The predicted octanol–water partition coefficient (Wildman–Crippen LogP) is 3.29. The van der Waals surface area contributed by atoms with Gasteiger partial charge in [-0.1, -0.05) is 20.8 Å². The van der Waals surface area contributed by atoms with E-state index in [1.54, 1.807) is 19.1 Å². The van der Waals surface area contributed by atoms with Gasteiger partial charge in [-0.15, -0.1) is 0 Å². The summed E-state index contributed by atoms with van der Waals surface area (Å²) in [6.45, 7) is 8.58. The van der Waals surface area contributed by atoms with Crippen LogP contribution < -0.4 is 11.1 Å². The molecule has 4 nitrogen and oxygen atoms in total. The average Bonchev–Trinajstić information content (AvgIpc) is 2.37. The number of hydrogen-bond acceptors (Lipinski definition) is 4. The zero-order valence-electron chi connectivity index (χ0n) is 12.2. The van der Waals surface area contributed by atoms with Gasteiger partial charge in [0, 0.05) is 17.4 Å². The second-order valence-electron chi connectivity index (χ2n) is 4.93. The van der Waals surface area contributed by atoms with Gasteiger partial charge in [0.2, 0.25) is 0 Å². The van der Waals surface area contributed by atoms with Crippen molar-refractivity contribution in [1.29, 1.82) is 0 Å². The fourth-order valence-electron chi connectivity index (χ4n) is 2.01. The number of carbonyl (C=O) groups is 1. The van der Waals surface area contributed by atoms with Crippen molar-refractivity contribution in [2.45, 2.75) is 40.2 Å². The van der Waals surface area contributed by atoms with Crippen molar-refractivity contribution in [3.63, 3.8) is 0 Å². The van der Waals surface area contributed by atoms with Crippen molar-refractivity contribution >= 4 is 17.3 Å². The number of nitrogen functional groups attached to an aromatic ring is 1. The Kier molecular flexibility index (Phi) is 5.67. The maximum atomic E-state index is 11.9. The van der Waals surface area contributed by atoms with E-state index in [9.17, 15) is 4.79 Å². The maximum Gasteiger partial charge on any atom is 0.340 e. The Morgan fingerprint density at radius 3 is 2.58 bits per heavy atom. The van der Waals surface area contributed by atoms with E-state index in [4.69, 9.17) is 10.5 Å². The van der Waals surface area contributed by atoms with Gasteiger partial charge in [0.1, 0.15) is 0 Å². The molecular formula is C15H24N2O2. The zero-order chi connectivity index (χ0) is 14.4. The SMILES string of the molecule is CCOC(=O)c1cc(N)ccc1NC(CC)C(C)C. The second kappa shape index (κ2) is 7.02. The number of rotatable bonds is 6. The molecule has 0 aliphatic carbocycles. The summed E-state index contributed by atoms with van der Waals surface area (Å²) in [6, 6.07) is 5.61. The molecule has 0 fully saturated rings. The van der Waals surface area contributed by atoms with Gasteiger partial charge >= 0.3 is 5.97 Å². The lowest BCUT2D eigenvalue weighted by Crippen LogP contribution is -2.26. The third-order valence-corrected chi connectivity index (χ3v) is 3.12. The second-order valence-corrected chi connectivity index (χ2v) is 4.93. The molecule has 0 heterocycles. The van der Waals surface area contributed by atoms with Gasteiger partial charge in [0.15, 0.2) is 0 Å². The van der Waals surface area contributed by atoms with Crippen molar-refractivity contribution in [2.24, 2.45) is 5.92 Å². The van der Waals surface area contributed by atoms with E-state index in [-0.39, 0.29) is 5.97 Å². The Bertz CT molecular complexity index is 430. The summed E-state index contributed by atoms with van der Waals surface area (Å²) < 4.78 is 5.06. The van der Waals surface area contributed by atoms with E-state index < -0.39 is 0 Å². The normalized spacial score (nSPS) is 12.3. The number of ether oxygens (including phenoxy) is 1. The molecule has 0 radical (unpaired) electrons. The van der Waals surface area contributed by atoms with Crippen molar-refractivity contribution in [1.82, 2.24) is 0 Å². The lowest BCUT2D eigenvalue weighted by Gasteiger charge is -2.23. The number of nitrogens with one attached hydrogen (secondary N) is 1. The molecule has 0 bridgehead atoms. The summed E-state index contributed by atoms with van der Waals surface area (Å²) in [5, 5.41) is 3.41. The first-order valence-corrected chi connectivity index (χ1v) is 6.82. The molecule has 106 valence electrons. The molecule has 0 saturated heterocycles. The van der Waals surface area contributed by atoms with E-state index >= 15 is 0 Å². The van der Waals surface area contributed by atoms with Gasteiger partial charge in [-0.3, -0.25) is 0 Å². The molecule has 0 aliphatic heterocycles. The summed E-state index contributed by atoms with van der Waals surface area (Å²) in [7, 11) is 0. The molecule has 0 aromatic heterocycles. The molecule has 19 heavy (non-hydrogen) atoms.